The minimum Gasteiger partial charge on any atom is -0.374 e. The number of benzene rings is 3. The fourth-order valence-electron chi connectivity index (χ4n) is 3.52. The first-order valence-electron chi connectivity index (χ1n) is 9.79. The van der Waals surface area contributed by atoms with Gasteiger partial charge in [0.05, 0.1) is 17.9 Å². The summed E-state index contributed by atoms with van der Waals surface area (Å²) < 4.78 is 0. The standard InChI is InChI=1S/C24H23N3O2/c28-23(26-20-14-12-19(13-15-20)18-7-2-1-3-8-18)17-25-21-9-4-5-10-22(21)27-16-6-11-24(27)29/h1-5,7-10,12-15,25H,6,11,16-17H2,(H,26,28). The van der Waals surface area contributed by atoms with Crippen molar-refractivity contribution in [1.82, 2.24) is 0 Å². The molecule has 1 aliphatic heterocycles. The maximum atomic E-state index is 12.4. The molecule has 5 nitrogen and oxygen atoms in total. The van der Waals surface area contributed by atoms with Gasteiger partial charge in [0.25, 0.3) is 0 Å². The van der Waals surface area contributed by atoms with E-state index in [1.54, 1.807) is 4.90 Å². The van der Waals surface area contributed by atoms with E-state index in [4.69, 9.17) is 0 Å². The van der Waals surface area contributed by atoms with Crippen molar-refractivity contribution in [2.75, 3.05) is 28.6 Å². The van der Waals surface area contributed by atoms with Crippen LogP contribution in [0.5, 0.6) is 0 Å². The first kappa shape index (κ1) is 18.7. The monoisotopic (exact) mass is 385 g/mol. The third-order valence-electron chi connectivity index (χ3n) is 4.98. The lowest BCUT2D eigenvalue weighted by Gasteiger charge is -2.20. The van der Waals surface area contributed by atoms with E-state index in [1.165, 1.54) is 0 Å². The SMILES string of the molecule is O=C(CNc1ccccc1N1CCCC1=O)Nc1ccc(-c2ccccc2)cc1. The normalized spacial score (nSPS) is 13.4. The third kappa shape index (κ3) is 4.46. The predicted octanol–water partition coefficient (Wildman–Crippen LogP) is 4.53. The molecular weight excluding hydrogens is 362 g/mol. The van der Waals surface area contributed by atoms with Crippen molar-refractivity contribution in [1.29, 1.82) is 0 Å². The summed E-state index contributed by atoms with van der Waals surface area (Å²) in [5.74, 6) is -0.0118. The van der Waals surface area contributed by atoms with Crippen LogP contribution >= 0.6 is 0 Å². The molecule has 0 aromatic heterocycles. The summed E-state index contributed by atoms with van der Waals surface area (Å²) in [7, 11) is 0. The molecular formula is C24H23N3O2. The van der Waals surface area contributed by atoms with E-state index >= 15 is 0 Å². The topological polar surface area (TPSA) is 61.4 Å². The van der Waals surface area contributed by atoms with Crippen molar-refractivity contribution in [3.05, 3.63) is 78.9 Å². The van der Waals surface area contributed by atoms with Gasteiger partial charge in [0.15, 0.2) is 0 Å². The zero-order chi connectivity index (χ0) is 20.1. The molecule has 0 bridgehead atoms. The molecule has 0 unspecified atom stereocenters. The van der Waals surface area contributed by atoms with Crippen LogP contribution in [0.25, 0.3) is 11.1 Å². The van der Waals surface area contributed by atoms with Crippen LogP contribution in [0.15, 0.2) is 78.9 Å². The molecule has 1 fully saturated rings. The number of nitrogens with one attached hydrogen (secondary N) is 2. The number of anilines is 3. The summed E-state index contributed by atoms with van der Waals surface area (Å²) in [5.41, 5.74) is 4.61. The third-order valence-corrected chi connectivity index (χ3v) is 4.98. The molecule has 29 heavy (non-hydrogen) atoms. The Balaban J connectivity index is 1.37. The Hall–Kier alpha value is -3.60. The Morgan fingerprint density at radius 3 is 2.28 bits per heavy atom. The second kappa shape index (κ2) is 8.61. The van der Waals surface area contributed by atoms with Gasteiger partial charge in [-0.25, -0.2) is 0 Å². The number of hydrogen-bond acceptors (Lipinski definition) is 3. The fourth-order valence-corrected chi connectivity index (χ4v) is 3.52. The minimum atomic E-state index is -0.139. The van der Waals surface area contributed by atoms with Gasteiger partial charge in [-0.05, 0) is 41.8 Å². The van der Waals surface area contributed by atoms with Gasteiger partial charge in [-0.2, -0.15) is 0 Å². The molecule has 1 aliphatic rings. The van der Waals surface area contributed by atoms with E-state index in [0.717, 1.165) is 41.2 Å². The lowest BCUT2D eigenvalue weighted by molar-refractivity contribution is -0.117. The van der Waals surface area contributed by atoms with Crippen molar-refractivity contribution in [3.8, 4) is 11.1 Å². The highest BCUT2D eigenvalue weighted by atomic mass is 16.2. The first-order chi connectivity index (χ1) is 14.2. The van der Waals surface area contributed by atoms with Crippen molar-refractivity contribution < 1.29 is 9.59 Å². The Morgan fingerprint density at radius 2 is 1.55 bits per heavy atom. The zero-order valence-corrected chi connectivity index (χ0v) is 16.1. The number of carbonyl (C=O) groups is 2. The maximum absolute atomic E-state index is 12.4. The molecule has 3 aromatic rings. The first-order valence-corrected chi connectivity index (χ1v) is 9.79. The number of nitrogens with zero attached hydrogens (tertiary/aromatic N) is 1. The molecule has 2 amide bonds. The van der Waals surface area contributed by atoms with E-state index in [0.29, 0.717) is 6.42 Å². The van der Waals surface area contributed by atoms with Gasteiger partial charge < -0.3 is 15.5 Å². The lowest BCUT2D eigenvalue weighted by Crippen LogP contribution is -2.26. The van der Waals surface area contributed by atoms with Crippen LogP contribution in [0, 0.1) is 0 Å². The van der Waals surface area contributed by atoms with Gasteiger partial charge in [0.1, 0.15) is 0 Å². The van der Waals surface area contributed by atoms with Crippen molar-refractivity contribution >= 4 is 28.9 Å². The average molecular weight is 385 g/mol. The number of carbonyl (C=O) groups excluding carboxylic acids is 2. The molecule has 0 aliphatic carbocycles. The van der Waals surface area contributed by atoms with E-state index in [2.05, 4.69) is 22.8 Å². The smallest absolute Gasteiger partial charge is 0.243 e. The highest BCUT2D eigenvalue weighted by Crippen LogP contribution is 2.29. The van der Waals surface area contributed by atoms with Crippen LogP contribution in [0.3, 0.4) is 0 Å². The maximum Gasteiger partial charge on any atom is 0.243 e. The van der Waals surface area contributed by atoms with Gasteiger partial charge in [-0.3, -0.25) is 9.59 Å². The molecule has 146 valence electrons. The molecule has 0 spiro atoms. The summed E-state index contributed by atoms with van der Waals surface area (Å²) in [5, 5.41) is 6.07. The zero-order valence-electron chi connectivity index (χ0n) is 16.1. The molecule has 0 radical (unpaired) electrons. The van der Waals surface area contributed by atoms with Gasteiger partial charge in [-0.1, -0.05) is 54.6 Å². The van der Waals surface area contributed by atoms with Crippen LogP contribution in [0.1, 0.15) is 12.8 Å². The second-order valence-corrected chi connectivity index (χ2v) is 7.01. The molecule has 0 atom stereocenters. The van der Waals surface area contributed by atoms with Crippen molar-refractivity contribution in [2.45, 2.75) is 12.8 Å². The van der Waals surface area contributed by atoms with Gasteiger partial charge in [0.2, 0.25) is 11.8 Å². The Kier molecular flexibility index (Phi) is 5.56. The van der Waals surface area contributed by atoms with E-state index < -0.39 is 0 Å². The second-order valence-electron chi connectivity index (χ2n) is 7.01. The molecule has 1 saturated heterocycles. The van der Waals surface area contributed by atoms with E-state index in [-0.39, 0.29) is 18.4 Å². The van der Waals surface area contributed by atoms with Crippen molar-refractivity contribution in [3.63, 3.8) is 0 Å². The van der Waals surface area contributed by atoms with Crippen LogP contribution in [-0.4, -0.2) is 24.9 Å². The molecule has 2 N–H and O–H groups in total. The van der Waals surface area contributed by atoms with Gasteiger partial charge in [0, 0.05) is 18.7 Å². The molecule has 3 aromatic carbocycles. The summed E-state index contributed by atoms with van der Waals surface area (Å²) in [4.78, 5) is 26.2. The Morgan fingerprint density at radius 1 is 0.862 bits per heavy atom. The molecule has 5 heteroatoms. The fraction of sp³-hybridized carbons (Fsp3) is 0.167. The summed E-state index contributed by atoms with van der Waals surface area (Å²) in [6.45, 7) is 0.844. The lowest BCUT2D eigenvalue weighted by atomic mass is 10.1. The van der Waals surface area contributed by atoms with Crippen LogP contribution in [0.4, 0.5) is 17.1 Å². The number of hydrogen-bond donors (Lipinski definition) is 2. The number of amides is 2. The quantitative estimate of drug-likeness (QED) is 0.655. The van der Waals surface area contributed by atoms with Crippen LogP contribution in [0.2, 0.25) is 0 Å². The van der Waals surface area contributed by atoms with Crippen molar-refractivity contribution in [2.24, 2.45) is 0 Å². The molecule has 4 rings (SSSR count). The minimum absolute atomic E-state index is 0.124. The summed E-state index contributed by atoms with van der Waals surface area (Å²) in [6, 6.07) is 25.5. The van der Waals surface area contributed by atoms with E-state index in [9.17, 15) is 9.59 Å². The largest absolute Gasteiger partial charge is 0.374 e. The predicted molar refractivity (Wildman–Crippen MR) is 117 cm³/mol. The summed E-state index contributed by atoms with van der Waals surface area (Å²) >= 11 is 0. The molecule has 1 heterocycles. The Labute approximate surface area is 170 Å². The average Bonchev–Trinajstić information content (AvgIpc) is 3.19. The Bertz CT molecular complexity index is 1000. The van der Waals surface area contributed by atoms with Gasteiger partial charge >= 0.3 is 0 Å². The van der Waals surface area contributed by atoms with E-state index in [1.807, 2.05) is 66.7 Å². The highest BCUT2D eigenvalue weighted by Gasteiger charge is 2.23. The number of rotatable bonds is 6. The number of para-hydroxylation sites is 2. The van der Waals surface area contributed by atoms with Crippen LogP contribution < -0.4 is 15.5 Å². The summed E-state index contributed by atoms with van der Waals surface area (Å²) in [6.07, 6.45) is 1.44. The molecule has 0 saturated carbocycles. The van der Waals surface area contributed by atoms with Crippen LogP contribution in [-0.2, 0) is 9.59 Å². The van der Waals surface area contributed by atoms with Gasteiger partial charge in [-0.15, -0.1) is 0 Å². The highest BCUT2D eigenvalue weighted by molar-refractivity contribution is 5.99.